The van der Waals surface area contributed by atoms with Gasteiger partial charge < -0.3 is 0 Å². The molecule has 3 aromatic heterocycles. The molecule has 0 N–H and O–H groups in total. The monoisotopic (exact) mass is 535 g/mol. The van der Waals surface area contributed by atoms with Crippen molar-refractivity contribution in [2.24, 2.45) is 0 Å². The van der Waals surface area contributed by atoms with Gasteiger partial charge in [0.25, 0.3) is 0 Å². The van der Waals surface area contributed by atoms with Gasteiger partial charge in [0.15, 0.2) is 0 Å². The fourth-order valence-corrected chi connectivity index (χ4v) is 9.87. The quantitative estimate of drug-likeness (QED) is 0.179. The Labute approximate surface area is 230 Å². The lowest BCUT2D eigenvalue weighted by Crippen LogP contribution is -2.26. The van der Waals surface area contributed by atoms with Crippen LogP contribution in [-0.4, -0.2) is 14.4 Å². The highest BCUT2D eigenvalue weighted by Crippen LogP contribution is 2.46. The summed E-state index contributed by atoms with van der Waals surface area (Å²) in [6.07, 6.45) is 3.97. The Morgan fingerprint density at radius 2 is 1.31 bits per heavy atom. The molecular weight excluding hydrogens is 513 g/mol. The van der Waals surface area contributed by atoms with Crippen LogP contribution in [0.5, 0.6) is 0 Å². The Bertz CT molecular complexity index is 2270. The molecule has 0 saturated carbocycles. The second-order valence-electron chi connectivity index (χ2n) is 9.83. The van der Waals surface area contributed by atoms with Crippen LogP contribution in [0, 0.1) is 0 Å². The number of rotatable bonds is 3. The lowest BCUT2D eigenvalue weighted by atomic mass is 10.1. The number of hydrogen-bond acceptors (Lipinski definition) is 3. The molecular formula is C34H22N3PS. The number of aromatic nitrogens is 3. The number of hydrogen-bond donors (Lipinski definition) is 0. The molecule has 3 heterocycles. The molecule has 184 valence electrons. The van der Waals surface area contributed by atoms with Gasteiger partial charge in [0.05, 0.1) is 16.6 Å². The zero-order valence-corrected chi connectivity index (χ0v) is 22.6. The van der Waals surface area contributed by atoms with E-state index in [0.29, 0.717) is 0 Å². The van der Waals surface area contributed by atoms with Gasteiger partial charge in [-0.25, -0.2) is 4.98 Å². The largest absolute Gasteiger partial charge is 0.292 e. The standard InChI is InChI=1S/C34H22N3PS/c39-38(25-12-2-1-3-13-25,26-19-18-23-10-4-5-11-24(23)20-26)32-22-35-21-28-33(32)27-14-6-8-16-30(27)37-31-17-9-7-15-29(31)36-34(28)37/h1-22H. The lowest BCUT2D eigenvalue weighted by Gasteiger charge is -2.26. The maximum Gasteiger partial charge on any atom is 0.147 e. The average Bonchev–Trinajstić information content (AvgIpc) is 3.41. The Morgan fingerprint density at radius 3 is 2.18 bits per heavy atom. The minimum absolute atomic E-state index is 0.910. The molecule has 0 aliphatic rings. The van der Waals surface area contributed by atoms with Crippen molar-refractivity contribution in [1.29, 1.82) is 0 Å². The molecule has 0 aliphatic heterocycles. The highest BCUT2D eigenvalue weighted by Gasteiger charge is 2.29. The normalized spacial score (nSPS) is 13.4. The molecule has 0 spiro atoms. The summed E-state index contributed by atoms with van der Waals surface area (Å²) in [4.78, 5) is 9.93. The van der Waals surface area contributed by atoms with Crippen molar-refractivity contribution in [3.05, 3.63) is 134 Å². The number of para-hydroxylation sites is 3. The van der Waals surface area contributed by atoms with Crippen LogP contribution in [0.3, 0.4) is 0 Å². The first kappa shape index (κ1) is 22.6. The van der Waals surface area contributed by atoms with Crippen molar-refractivity contribution in [3.8, 4) is 0 Å². The highest BCUT2D eigenvalue weighted by molar-refractivity contribution is 8.25. The third kappa shape index (κ3) is 3.26. The van der Waals surface area contributed by atoms with E-state index in [1.165, 1.54) is 10.8 Å². The summed E-state index contributed by atoms with van der Waals surface area (Å²) in [5.41, 5.74) is 4.09. The smallest absolute Gasteiger partial charge is 0.147 e. The number of nitrogens with zero attached hydrogens (tertiary/aromatic N) is 3. The van der Waals surface area contributed by atoms with E-state index >= 15 is 0 Å². The maximum atomic E-state index is 6.89. The van der Waals surface area contributed by atoms with E-state index < -0.39 is 6.04 Å². The summed E-state index contributed by atoms with van der Waals surface area (Å²) in [7, 11) is 0. The highest BCUT2D eigenvalue weighted by atomic mass is 32.4. The molecule has 5 aromatic carbocycles. The molecule has 39 heavy (non-hydrogen) atoms. The maximum absolute atomic E-state index is 6.89. The van der Waals surface area contributed by atoms with E-state index in [1.54, 1.807) is 0 Å². The summed E-state index contributed by atoms with van der Waals surface area (Å²) in [6, 6.07) is 40.2. The molecule has 8 aromatic rings. The molecule has 0 bridgehead atoms. The summed E-state index contributed by atoms with van der Waals surface area (Å²) < 4.78 is 2.26. The molecule has 0 fully saturated rings. The molecule has 1 unspecified atom stereocenters. The lowest BCUT2D eigenvalue weighted by molar-refractivity contribution is 1.30. The predicted molar refractivity (Wildman–Crippen MR) is 169 cm³/mol. The second kappa shape index (κ2) is 8.57. The fourth-order valence-electron chi connectivity index (χ4n) is 5.91. The van der Waals surface area contributed by atoms with Gasteiger partial charge in [-0.3, -0.25) is 9.38 Å². The summed E-state index contributed by atoms with van der Waals surface area (Å²) in [5, 5.41) is 9.14. The predicted octanol–water partition coefficient (Wildman–Crippen LogP) is 7.10. The minimum atomic E-state index is -2.51. The van der Waals surface area contributed by atoms with Crippen LogP contribution in [-0.2, 0) is 11.8 Å². The van der Waals surface area contributed by atoms with E-state index in [2.05, 4.69) is 120 Å². The van der Waals surface area contributed by atoms with E-state index in [1.807, 2.05) is 18.5 Å². The van der Waals surface area contributed by atoms with Gasteiger partial charge in [0, 0.05) is 39.9 Å². The topological polar surface area (TPSA) is 30.2 Å². The third-order valence-corrected chi connectivity index (χ3v) is 12.6. The van der Waals surface area contributed by atoms with Gasteiger partial charge >= 0.3 is 0 Å². The Kier molecular flexibility index (Phi) is 4.97. The van der Waals surface area contributed by atoms with Crippen LogP contribution in [0.1, 0.15) is 0 Å². The molecule has 1 atom stereocenters. The number of fused-ring (bicyclic) bond motifs is 9. The van der Waals surface area contributed by atoms with Crippen LogP contribution in [0.2, 0.25) is 0 Å². The van der Waals surface area contributed by atoms with Gasteiger partial charge in [-0.05, 0) is 45.6 Å². The summed E-state index contributed by atoms with van der Waals surface area (Å²) >= 11 is 6.89. The molecule has 8 rings (SSSR count). The first-order chi connectivity index (χ1) is 19.2. The van der Waals surface area contributed by atoms with Crippen molar-refractivity contribution in [1.82, 2.24) is 14.4 Å². The van der Waals surface area contributed by atoms with Crippen molar-refractivity contribution in [2.45, 2.75) is 0 Å². The Balaban J connectivity index is 1.57. The van der Waals surface area contributed by atoms with Crippen molar-refractivity contribution < 1.29 is 0 Å². The van der Waals surface area contributed by atoms with Crippen LogP contribution in [0.4, 0.5) is 0 Å². The molecule has 5 heteroatoms. The van der Waals surface area contributed by atoms with Gasteiger partial charge in [-0.15, -0.1) is 0 Å². The molecule has 0 radical (unpaired) electrons. The van der Waals surface area contributed by atoms with E-state index in [-0.39, 0.29) is 0 Å². The zero-order chi connectivity index (χ0) is 26.0. The van der Waals surface area contributed by atoms with E-state index in [4.69, 9.17) is 21.8 Å². The van der Waals surface area contributed by atoms with Crippen LogP contribution in [0.15, 0.2) is 134 Å². The molecule has 0 aliphatic carbocycles. The zero-order valence-electron chi connectivity index (χ0n) is 20.9. The first-order valence-electron chi connectivity index (χ1n) is 12.9. The molecule has 0 saturated heterocycles. The van der Waals surface area contributed by atoms with E-state index in [0.717, 1.165) is 54.3 Å². The first-order valence-corrected chi connectivity index (χ1v) is 15.7. The van der Waals surface area contributed by atoms with Crippen LogP contribution in [0.25, 0.3) is 49.1 Å². The van der Waals surface area contributed by atoms with Gasteiger partial charge in [-0.1, -0.05) is 109 Å². The summed E-state index contributed by atoms with van der Waals surface area (Å²) in [6.45, 7) is 0. The van der Waals surface area contributed by atoms with Gasteiger partial charge in [0.2, 0.25) is 0 Å². The average molecular weight is 536 g/mol. The number of imidazole rings is 1. The van der Waals surface area contributed by atoms with Crippen LogP contribution < -0.4 is 15.9 Å². The SMILES string of the molecule is S=P(c1ccccc1)(c1ccc2ccccc2c1)c1cncc2c1c1ccccc1n1c3ccccc3nc21. The van der Waals surface area contributed by atoms with Gasteiger partial charge in [-0.2, -0.15) is 0 Å². The summed E-state index contributed by atoms with van der Waals surface area (Å²) in [5.74, 6) is 0. The third-order valence-electron chi connectivity index (χ3n) is 7.70. The van der Waals surface area contributed by atoms with Gasteiger partial charge in [0.1, 0.15) is 5.65 Å². The Hall–Kier alpha value is -4.37. The minimum Gasteiger partial charge on any atom is -0.292 e. The van der Waals surface area contributed by atoms with Crippen molar-refractivity contribution in [2.75, 3.05) is 0 Å². The molecule has 0 amide bonds. The van der Waals surface area contributed by atoms with Crippen molar-refractivity contribution >= 4 is 82.9 Å². The Morgan fingerprint density at radius 1 is 0.590 bits per heavy atom. The fraction of sp³-hybridized carbons (Fsp3) is 0. The number of pyridine rings is 2. The molecule has 3 nitrogen and oxygen atoms in total. The van der Waals surface area contributed by atoms with E-state index in [9.17, 15) is 0 Å². The second-order valence-corrected chi connectivity index (χ2v) is 14.2. The van der Waals surface area contributed by atoms with Crippen LogP contribution >= 0.6 is 6.04 Å². The van der Waals surface area contributed by atoms with Crippen molar-refractivity contribution in [3.63, 3.8) is 0 Å². The number of benzene rings is 5.